The maximum Gasteiger partial charge on any atom is 0.408 e. The molecule has 1 N–H and O–H groups in total. The number of hydrogen-bond donors (Lipinski definition) is 1. The van der Waals surface area contributed by atoms with Gasteiger partial charge in [-0.05, 0) is 17.7 Å². The van der Waals surface area contributed by atoms with E-state index in [2.05, 4.69) is 21.2 Å². The largest absolute Gasteiger partial charge is 0.439 e. The van der Waals surface area contributed by atoms with Gasteiger partial charge in [0.1, 0.15) is 12.7 Å². The van der Waals surface area contributed by atoms with Crippen molar-refractivity contribution in [2.24, 2.45) is 0 Å². The fourth-order valence-corrected chi connectivity index (χ4v) is 1.80. The summed E-state index contributed by atoms with van der Waals surface area (Å²) in [5.74, 6) is 0. The van der Waals surface area contributed by atoms with Crippen LogP contribution in [0.3, 0.4) is 0 Å². The van der Waals surface area contributed by atoms with E-state index < -0.39 is 24.9 Å². The normalized spacial score (nSPS) is 24.8. The number of alkyl halides is 1. The van der Waals surface area contributed by atoms with Crippen LogP contribution in [0.4, 0.5) is 9.18 Å². The van der Waals surface area contributed by atoms with E-state index >= 15 is 0 Å². The van der Waals surface area contributed by atoms with E-state index in [0.717, 1.165) is 10.0 Å². The number of rotatable bonds is 2. The third kappa shape index (κ3) is 2.12. The molecule has 1 aliphatic rings. The van der Waals surface area contributed by atoms with Gasteiger partial charge in [-0.1, -0.05) is 28.1 Å². The van der Waals surface area contributed by atoms with E-state index in [1.807, 2.05) is 12.1 Å². The van der Waals surface area contributed by atoms with Gasteiger partial charge in [-0.15, -0.1) is 0 Å². The molecule has 0 aliphatic carbocycles. The van der Waals surface area contributed by atoms with Crippen LogP contribution in [0.15, 0.2) is 28.7 Å². The molecule has 1 fully saturated rings. The molecule has 1 aromatic rings. The Morgan fingerprint density at radius 1 is 1.40 bits per heavy atom. The minimum absolute atomic E-state index is 0.532. The van der Waals surface area contributed by atoms with Crippen molar-refractivity contribution in [3.63, 3.8) is 0 Å². The van der Waals surface area contributed by atoms with Gasteiger partial charge in [0.15, 0.2) is 6.10 Å². The van der Waals surface area contributed by atoms with Gasteiger partial charge in [-0.25, -0.2) is 9.18 Å². The van der Waals surface area contributed by atoms with Crippen LogP contribution in [0.5, 0.6) is 0 Å². The van der Waals surface area contributed by atoms with Gasteiger partial charge in [0, 0.05) is 4.47 Å². The molecule has 0 aromatic heterocycles. The number of carbonyl (C=O) groups is 1. The number of halogens is 2. The second-order valence-electron chi connectivity index (χ2n) is 3.28. The van der Waals surface area contributed by atoms with Crippen molar-refractivity contribution < 1.29 is 13.9 Å². The summed E-state index contributed by atoms with van der Waals surface area (Å²) >= 11 is 3.30. The first-order chi connectivity index (χ1) is 7.20. The molecule has 0 spiro atoms. The van der Waals surface area contributed by atoms with Gasteiger partial charge >= 0.3 is 6.09 Å². The van der Waals surface area contributed by atoms with Gasteiger partial charge in [0.2, 0.25) is 0 Å². The number of ether oxygens (including phenoxy) is 1. The van der Waals surface area contributed by atoms with E-state index in [1.165, 1.54) is 0 Å². The zero-order chi connectivity index (χ0) is 10.8. The van der Waals surface area contributed by atoms with Gasteiger partial charge < -0.3 is 10.1 Å². The van der Waals surface area contributed by atoms with Crippen molar-refractivity contribution in [1.82, 2.24) is 5.32 Å². The Hall–Kier alpha value is -1.10. The van der Waals surface area contributed by atoms with E-state index in [0.29, 0.717) is 0 Å². The molecule has 2 unspecified atom stereocenters. The molecule has 15 heavy (non-hydrogen) atoms. The summed E-state index contributed by atoms with van der Waals surface area (Å²) in [6.07, 6.45) is -1.10. The molecule has 0 bridgehead atoms. The lowest BCUT2D eigenvalue weighted by Gasteiger charge is -2.13. The molecule has 2 atom stereocenters. The number of cyclic esters (lactones) is 1. The molecule has 3 nitrogen and oxygen atoms in total. The smallest absolute Gasteiger partial charge is 0.408 e. The quantitative estimate of drug-likeness (QED) is 0.900. The maximum atomic E-state index is 12.6. The fourth-order valence-electron chi connectivity index (χ4n) is 1.53. The average Bonchev–Trinajstić information content (AvgIpc) is 2.61. The first-order valence-electron chi connectivity index (χ1n) is 4.49. The van der Waals surface area contributed by atoms with Crippen molar-refractivity contribution in [2.45, 2.75) is 12.1 Å². The molecule has 0 radical (unpaired) electrons. The van der Waals surface area contributed by atoms with Crippen LogP contribution < -0.4 is 5.32 Å². The molecule has 1 heterocycles. The molecular formula is C10H9BrFNO2. The summed E-state index contributed by atoms with van der Waals surface area (Å²) in [7, 11) is 0. The highest BCUT2D eigenvalue weighted by Gasteiger charge is 2.34. The molecule has 2 rings (SSSR count). The van der Waals surface area contributed by atoms with Gasteiger partial charge in [0.25, 0.3) is 0 Å². The van der Waals surface area contributed by atoms with Crippen LogP contribution in [-0.2, 0) is 4.74 Å². The number of amides is 1. The summed E-state index contributed by atoms with van der Waals surface area (Å²) in [6, 6.07) is 6.68. The topological polar surface area (TPSA) is 38.3 Å². The van der Waals surface area contributed by atoms with Crippen LogP contribution in [0.2, 0.25) is 0 Å². The van der Waals surface area contributed by atoms with Crippen LogP contribution in [-0.4, -0.2) is 18.8 Å². The minimum Gasteiger partial charge on any atom is -0.439 e. The first kappa shape index (κ1) is 10.4. The van der Waals surface area contributed by atoms with Crippen LogP contribution in [0.25, 0.3) is 0 Å². The van der Waals surface area contributed by atoms with Crippen molar-refractivity contribution in [3.8, 4) is 0 Å². The number of alkyl carbamates (subject to hydrolysis) is 1. The number of nitrogens with one attached hydrogen (secondary N) is 1. The Kier molecular flexibility index (Phi) is 2.90. The molecule has 0 saturated carbocycles. The Bertz CT molecular complexity index is 368. The molecule has 5 heteroatoms. The number of carbonyl (C=O) groups excluding carboxylic acids is 1. The van der Waals surface area contributed by atoms with E-state index in [4.69, 9.17) is 4.74 Å². The van der Waals surface area contributed by atoms with Gasteiger partial charge in [0.05, 0.1) is 0 Å². The standard InChI is InChI=1S/C10H9BrFNO2/c11-7-3-1-6(2-4-7)9-8(5-12)13-10(14)15-9/h1-4,8-9H,5H2,(H,13,14). The van der Waals surface area contributed by atoms with E-state index in [-0.39, 0.29) is 0 Å². The highest BCUT2D eigenvalue weighted by molar-refractivity contribution is 9.10. The molecule has 80 valence electrons. The third-order valence-electron chi connectivity index (χ3n) is 2.27. The van der Waals surface area contributed by atoms with Crippen LogP contribution >= 0.6 is 15.9 Å². The van der Waals surface area contributed by atoms with Crippen LogP contribution in [0.1, 0.15) is 11.7 Å². The Balaban J connectivity index is 2.22. The summed E-state index contributed by atoms with van der Waals surface area (Å²) in [4.78, 5) is 11.0. The van der Waals surface area contributed by atoms with E-state index in [9.17, 15) is 9.18 Å². The molecule has 1 saturated heterocycles. The Morgan fingerprint density at radius 2 is 2.07 bits per heavy atom. The number of hydrogen-bond acceptors (Lipinski definition) is 2. The average molecular weight is 274 g/mol. The maximum absolute atomic E-state index is 12.6. The summed E-state index contributed by atoms with van der Waals surface area (Å²) in [5, 5.41) is 2.42. The highest BCUT2D eigenvalue weighted by atomic mass is 79.9. The lowest BCUT2D eigenvalue weighted by Crippen LogP contribution is -2.29. The molecule has 1 amide bonds. The van der Waals surface area contributed by atoms with Gasteiger partial charge in [-0.3, -0.25) is 0 Å². The van der Waals surface area contributed by atoms with Crippen molar-refractivity contribution in [3.05, 3.63) is 34.3 Å². The second kappa shape index (κ2) is 4.18. The second-order valence-corrected chi connectivity index (χ2v) is 4.20. The zero-order valence-corrected chi connectivity index (χ0v) is 9.33. The summed E-state index contributed by atoms with van der Waals surface area (Å²) in [6.45, 7) is -0.632. The first-order valence-corrected chi connectivity index (χ1v) is 5.28. The van der Waals surface area contributed by atoms with Crippen molar-refractivity contribution in [2.75, 3.05) is 6.67 Å². The minimum atomic E-state index is -0.632. The van der Waals surface area contributed by atoms with E-state index in [1.54, 1.807) is 12.1 Å². The summed E-state index contributed by atoms with van der Waals surface area (Å²) in [5.41, 5.74) is 0.791. The monoisotopic (exact) mass is 273 g/mol. The lowest BCUT2D eigenvalue weighted by atomic mass is 10.0. The Morgan fingerprint density at radius 3 is 2.67 bits per heavy atom. The highest BCUT2D eigenvalue weighted by Crippen LogP contribution is 2.27. The predicted molar refractivity (Wildman–Crippen MR) is 56.3 cm³/mol. The molecule has 1 aromatic carbocycles. The summed E-state index contributed by atoms with van der Waals surface area (Å²) < 4.78 is 18.5. The fraction of sp³-hybridized carbons (Fsp3) is 0.300. The molecule has 1 aliphatic heterocycles. The van der Waals surface area contributed by atoms with Gasteiger partial charge in [-0.2, -0.15) is 0 Å². The van der Waals surface area contributed by atoms with Crippen molar-refractivity contribution in [1.29, 1.82) is 0 Å². The lowest BCUT2D eigenvalue weighted by molar-refractivity contribution is 0.128. The van der Waals surface area contributed by atoms with Crippen LogP contribution in [0, 0.1) is 0 Å². The van der Waals surface area contributed by atoms with Crippen molar-refractivity contribution >= 4 is 22.0 Å². The SMILES string of the molecule is O=C1NC(CF)C(c2ccc(Br)cc2)O1. The number of benzene rings is 1. The zero-order valence-electron chi connectivity index (χ0n) is 7.74. The molecular weight excluding hydrogens is 265 g/mol. The third-order valence-corrected chi connectivity index (χ3v) is 2.80. The predicted octanol–water partition coefficient (Wildman–Crippen LogP) is 2.57. The Labute approximate surface area is 94.7 Å².